The maximum atomic E-state index is 6.36. The van der Waals surface area contributed by atoms with E-state index in [0.717, 1.165) is 41.1 Å². The van der Waals surface area contributed by atoms with E-state index in [2.05, 4.69) is 26.6 Å². The third-order valence-corrected chi connectivity index (χ3v) is 5.57. The van der Waals surface area contributed by atoms with Gasteiger partial charge < -0.3 is 10.3 Å². The standard InChI is InChI=1S/C14H14N4OS2.ClH/c15-14(4-1-2-5-14)13-17-11(19-18-13)10-7-16-12(21-10)9-3-6-20-8-9;/h3,6-8H,1-2,4-5,15H2;1H. The highest BCUT2D eigenvalue weighted by Crippen LogP contribution is 2.37. The van der Waals surface area contributed by atoms with Crippen LogP contribution in [-0.2, 0) is 5.54 Å². The molecule has 22 heavy (non-hydrogen) atoms. The fourth-order valence-electron chi connectivity index (χ4n) is 2.65. The van der Waals surface area contributed by atoms with Gasteiger partial charge >= 0.3 is 0 Å². The van der Waals surface area contributed by atoms with Crippen molar-refractivity contribution in [3.8, 4) is 21.3 Å². The summed E-state index contributed by atoms with van der Waals surface area (Å²) in [5, 5.41) is 9.17. The topological polar surface area (TPSA) is 77.8 Å². The first-order valence-corrected chi connectivity index (χ1v) is 8.62. The summed E-state index contributed by atoms with van der Waals surface area (Å²) in [6, 6.07) is 2.06. The number of thiophene rings is 1. The van der Waals surface area contributed by atoms with Crippen LogP contribution in [0.25, 0.3) is 21.3 Å². The third kappa shape index (κ3) is 2.69. The lowest BCUT2D eigenvalue weighted by molar-refractivity contribution is 0.373. The fraction of sp³-hybridized carbons (Fsp3) is 0.357. The molecule has 4 rings (SSSR count). The smallest absolute Gasteiger partial charge is 0.269 e. The monoisotopic (exact) mass is 354 g/mol. The Kier molecular flexibility index (Phi) is 4.31. The molecular formula is C14H15ClN4OS2. The Morgan fingerprint density at radius 3 is 2.82 bits per heavy atom. The Hall–Kier alpha value is -1.28. The molecule has 2 N–H and O–H groups in total. The Bertz CT molecular complexity index is 747. The molecule has 3 aromatic rings. The van der Waals surface area contributed by atoms with Crippen molar-refractivity contribution >= 4 is 35.1 Å². The van der Waals surface area contributed by atoms with Gasteiger partial charge in [-0.3, -0.25) is 0 Å². The Morgan fingerprint density at radius 2 is 2.09 bits per heavy atom. The van der Waals surface area contributed by atoms with Crippen LogP contribution in [0.3, 0.4) is 0 Å². The Labute approximate surface area is 142 Å². The van der Waals surface area contributed by atoms with Gasteiger partial charge in [0.1, 0.15) is 9.88 Å². The quantitative estimate of drug-likeness (QED) is 0.767. The number of aromatic nitrogens is 3. The molecule has 0 saturated heterocycles. The summed E-state index contributed by atoms with van der Waals surface area (Å²) in [4.78, 5) is 9.81. The Morgan fingerprint density at radius 1 is 1.27 bits per heavy atom. The van der Waals surface area contributed by atoms with Gasteiger partial charge in [0.15, 0.2) is 5.82 Å². The van der Waals surface area contributed by atoms with Gasteiger partial charge in [-0.15, -0.1) is 23.7 Å². The summed E-state index contributed by atoms with van der Waals surface area (Å²) in [5.41, 5.74) is 7.07. The van der Waals surface area contributed by atoms with Crippen LogP contribution in [0.15, 0.2) is 27.5 Å². The van der Waals surface area contributed by atoms with Crippen molar-refractivity contribution < 1.29 is 4.52 Å². The van der Waals surface area contributed by atoms with E-state index in [9.17, 15) is 0 Å². The van der Waals surface area contributed by atoms with Gasteiger partial charge in [0, 0.05) is 10.9 Å². The number of rotatable bonds is 3. The summed E-state index contributed by atoms with van der Waals surface area (Å²) >= 11 is 3.22. The molecule has 8 heteroatoms. The van der Waals surface area contributed by atoms with Crippen LogP contribution < -0.4 is 5.73 Å². The van der Waals surface area contributed by atoms with E-state index < -0.39 is 5.54 Å². The lowest BCUT2D eigenvalue weighted by atomic mass is 9.99. The van der Waals surface area contributed by atoms with Gasteiger partial charge in [0.2, 0.25) is 0 Å². The molecule has 5 nitrogen and oxygen atoms in total. The highest BCUT2D eigenvalue weighted by Gasteiger charge is 2.36. The molecule has 1 fully saturated rings. The molecule has 0 unspecified atom stereocenters. The van der Waals surface area contributed by atoms with Gasteiger partial charge in [0.05, 0.1) is 11.7 Å². The molecule has 0 spiro atoms. The van der Waals surface area contributed by atoms with Crippen molar-refractivity contribution in [2.45, 2.75) is 31.2 Å². The lowest BCUT2D eigenvalue weighted by Crippen LogP contribution is -2.34. The van der Waals surface area contributed by atoms with E-state index in [1.54, 1.807) is 28.9 Å². The van der Waals surface area contributed by atoms with Crippen LogP contribution in [0, 0.1) is 0 Å². The lowest BCUT2D eigenvalue weighted by Gasteiger charge is -2.17. The molecule has 0 radical (unpaired) electrons. The van der Waals surface area contributed by atoms with Gasteiger partial charge in [-0.2, -0.15) is 16.3 Å². The predicted octanol–water partition coefficient (Wildman–Crippen LogP) is 4.07. The normalized spacial score (nSPS) is 16.6. The first-order valence-electron chi connectivity index (χ1n) is 6.86. The first-order chi connectivity index (χ1) is 10.2. The number of nitrogens with two attached hydrogens (primary N) is 1. The fourth-order valence-corrected chi connectivity index (χ4v) is 4.20. The van der Waals surface area contributed by atoms with E-state index >= 15 is 0 Å². The summed E-state index contributed by atoms with van der Waals surface area (Å²) in [5.74, 6) is 1.14. The average molecular weight is 355 g/mol. The summed E-state index contributed by atoms with van der Waals surface area (Å²) in [6.45, 7) is 0. The minimum atomic E-state index is -0.414. The van der Waals surface area contributed by atoms with Crippen molar-refractivity contribution in [1.29, 1.82) is 0 Å². The molecule has 116 valence electrons. The molecule has 1 aliphatic carbocycles. The van der Waals surface area contributed by atoms with Crippen molar-refractivity contribution in [2.75, 3.05) is 0 Å². The second kappa shape index (κ2) is 6.08. The molecule has 0 aliphatic heterocycles. The SMILES string of the molecule is Cl.NC1(c2noc(-c3cnc(-c4ccsc4)s3)n2)CCCC1. The number of halogens is 1. The Balaban J connectivity index is 0.00000144. The van der Waals surface area contributed by atoms with Crippen molar-refractivity contribution in [2.24, 2.45) is 5.73 Å². The molecule has 1 saturated carbocycles. The zero-order valence-corrected chi connectivity index (χ0v) is 14.1. The van der Waals surface area contributed by atoms with E-state index in [4.69, 9.17) is 10.3 Å². The van der Waals surface area contributed by atoms with E-state index in [-0.39, 0.29) is 12.4 Å². The van der Waals surface area contributed by atoms with Crippen molar-refractivity contribution in [1.82, 2.24) is 15.1 Å². The molecule has 0 amide bonds. The molecule has 3 heterocycles. The summed E-state index contributed by atoms with van der Waals surface area (Å²) < 4.78 is 5.39. The van der Waals surface area contributed by atoms with Crippen LogP contribution >= 0.6 is 35.1 Å². The summed E-state index contributed by atoms with van der Waals surface area (Å²) in [6.07, 6.45) is 5.89. The zero-order valence-electron chi connectivity index (χ0n) is 11.7. The second-order valence-electron chi connectivity index (χ2n) is 5.33. The zero-order chi connectivity index (χ0) is 14.3. The van der Waals surface area contributed by atoms with Crippen LogP contribution in [0.1, 0.15) is 31.5 Å². The van der Waals surface area contributed by atoms with Gasteiger partial charge in [-0.05, 0) is 24.3 Å². The van der Waals surface area contributed by atoms with E-state index in [1.807, 2.05) is 5.38 Å². The molecular weight excluding hydrogens is 340 g/mol. The summed E-state index contributed by atoms with van der Waals surface area (Å²) in [7, 11) is 0. The van der Waals surface area contributed by atoms with Crippen LogP contribution in [-0.4, -0.2) is 15.1 Å². The van der Waals surface area contributed by atoms with Crippen LogP contribution in [0.5, 0.6) is 0 Å². The number of hydrogen-bond donors (Lipinski definition) is 1. The van der Waals surface area contributed by atoms with Gasteiger partial charge in [0.25, 0.3) is 5.89 Å². The number of nitrogens with zero attached hydrogens (tertiary/aromatic N) is 3. The van der Waals surface area contributed by atoms with Crippen molar-refractivity contribution in [3.63, 3.8) is 0 Å². The van der Waals surface area contributed by atoms with Crippen molar-refractivity contribution in [3.05, 3.63) is 28.8 Å². The molecule has 3 aromatic heterocycles. The molecule has 0 aromatic carbocycles. The highest BCUT2D eigenvalue weighted by atomic mass is 35.5. The highest BCUT2D eigenvalue weighted by molar-refractivity contribution is 7.18. The van der Waals surface area contributed by atoms with E-state index in [1.165, 1.54) is 0 Å². The third-order valence-electron chi connectivity index (χ3n) is 3.85. The average Bonchev–Trinajstić information content (AvgIpc) is 3.25. The maximum absolute atomic E-state index is 6.36. The first kappa shape index (κ1) is 15.6. The minimum Gasteiger partial charge on any atom is -0.333 e. The van der Waals surface area contributed by atoms with Crippen LogP contribution in [0.2, 0.25) is 0 Å². The van der Waals surface area contributed by atoms with Gasteiger partial charge in [-0.25, -0.2) is 4.98 Å². The maximum Gasteiger partial charge on any atom is 0.269 e. The largest absolute Gasteiger partial charge is 0.333 e. The van der Waals surface area contributed by atoms with Gasteiger partial charge in [-0.1, -0.05) is 18.0 Å². The second-order valence-corrected chi connectivity index (χ2v) is 7.14. The molecule has 0 bridgehead atoms. The predicted molar refractivity (Wildman–Crippen MR) is 90.3 cm³/mol. The van der Waals surface area contributed by atoms with E-state index in [0.29, 0.717) is 11.7 Å². The molecule has 1 aliphatic rings. The molecule has 0 atom stereocenters. The number of hydrogen-bond acceptors (Lipinski definition) is 7. The van der Waals surface area contributed by atoms with Crippen LogP contribution in [0.4, 0.5) is 0 Å². The number of thiazole rings is 1. The minimum absolute atomic E-state index is 0.